The minimum atomic E-state index is -3.66. The molecule has 34 heavy (non-hydrogen) atoms. The molecule has 0 radical (unpaired) electrons. The van der Waals surface area contributed by atoms with Gasteiger partial charge in [-0.15, -0.1) is 0 Å². The van der Waals surface area contributed by atoms with Crippen LogP contribution in [-0.4, -0.2) is 48.3 Å². The van der Waals surface area contributed by atoms with E-state index >= 15 is 0 Å². The molecule has 2 saturated heterocycles. The maximum atomic E-state index is 14.6. The van der Waals surface area contributed by atoms with Crippen molar-refractivity contribution in [2.24, 2.45) is 11.8 Å². The van der Waals surface area contributed by atoms with Gasteiger partial charge in [-0.2, -0.15) is 8.78 Å². The average Bonchev–Trinajstić information content (AvgIpc) is 2.85. The standard InChI is InChI=1S/C25H27ClF3N3O2/c26-23-19(16-33)1-6-22(30-23)31-11-7-17(8-12-31)15-18-9-13-32(14-10-18)24(34)25(28,29)20-2-4-21(27)5-3-20/h1-6,16-18H,7-15H2. The Kier molecular flexibility index (Phi) is 7.45. The van der Waals surface area contributed by atoms with Crippen molar-refractivity contribution in [1.82, 2.24) is 9.88 Å². The molecule has 2 fully saturated rings. The number of rotatable bonds is 6. The minimum Gasteiger partial charge on any atom is -0.357 e. The number of amides is 1. The number of aromatic nitrogens is 1. The summed E-state index contributed by atoms with van der Waals surface area (Å²) < 4.78 is 42.3. The Morgan fingerprint density at radius 2 is 1.59 bits per heavy atom. The maximum absolute atomic E-state index is 14.6. The highest BCUT2D eigenvalue weighted by molar-refractivity contribution is 6.31. The molecule has 0 saturated carbocycles. The van der Waals surface area contributed by atoms with Gasteiger partial charge in [0.05, 0.1) is 5.56 Å². The first kappa shape index (κ1) is 24.5. The maximum Gasteiger partial charge on any atom is 0.349 e. The minimum absolute atomic E-state index is 0.209. The van der Waals surface area contributed by atoms with Crippen molar-refractivity contribution >= 4 is 29.6 Å². The zero-order valence-electron chi connectivity index (χ0n) is 18.7. The van der Waals surface area contributed by atoms with Gasteiger partial charge < -0.3 is 9.80 Å². The molecule has 0 spiro atoms. The van der Waals surface area contributed by atoms with Gasteiger partial charge in [-0.25, -0.2) is 9.37 Å². The van der Waals surface area contributed by atoms with Crippen molar-refractivity contribution in [3.05, 3.63) is 58.5 Å². The molecule has 1 amide bonds. The summed E-state index contributed by atoms with van der Waals surface area (Å²) in [6.45, 7) is 2.31. The van der Waals surface area contributed by atoms with E-state index < -0.39 is 23.2 Å². The molecule has 0 bridgehead atoms. The van der Waals surface area contributed by atoms with Crippen LogP contribution in [0.25, 0.3) is 0 Å². The summed E-state index contributed by atoms with van der Waals surface area (Å²) in [6, 6.07) is 7.31. The van der Waals surface area contributed by atoms with E-state index in [4.69, 9.17) is 11.6 Å². The number of carbonyl (C=O) groups is 2. The lowest BCUT2D eigenvalue weighted by Gasteiger charge is -2.38. The second kappa shape index (κ2) is 10.3. The Morgan fingerprint density at radius 3 is 2.15 bits per heavy atom. The first-order valence-corrected chi connectivity index (χ1v) is 12.0. The van der Waals surface area contributed by atoms with Crippen molar-refractivity contribution in [3.8, 4) is 0 Å². The Labute approximate surface area is 201 Å². The molecule has 0 N–H and O–H groups in total. The number of pyridine rings is 1. The summed E-state index contributed by atoms with van der Waals surface area (Å²) in [5, 5.41) is 0.209. The number of hydrogen-bond donors (Lipinski definition) is 0. The first-order chi connectivity index (χ1) is 16.3. The highest BCUT2D eigenvalue weighted by Gasteiger charge is 2.44. The number of likely N-dealkylation sites (tertiary alicyclic amines) is 1. The number of halogens is 4. The third-order valence-corrected chi connectivity index (χ3v) is 7.27. The summed E-state index contributed by atoms with van der Waals surface area (Å²) in [5.74, 6) is -3.78. The Balaban J connectivity index is 1.25. The molecule has 9 heteroatoms. The van der Waals surface area contributed by atoms with E-state index in [1.807, 2.05) is 6.07 Å². The van der Waals surface area contributed by atoms with Crippen LogP contribution in [0.2, 0.25) is 5.15 Å². The number of hydrogen-bond acceptors (Lipinski definition) is 4. The van der Waals surface area contributed by atoms with Gasteiger partial charge >= 0.3 is 5.92 Å². The highest BCUT2D eigenvalue weighted by atomic mass is 35.5. The molecule has 2 aliphatic heterocycles. The van der Waals surface area contributed by atoms with E-state index in [1.54, 1.807) is 6.07 Å². The van der Waals surface area contributed by atoms with Crippen LogP contribution in [0.5, 0.6) is 0 Å². The molecule has 0 unspecified atom stereocenters. The largest absolute Gasteiger partial charge is 0.357 e. The van der Waals surface area contributed by atoms with Crippen molar-refractivity contribution in [3.63, 3.8) is 0 Å². The van der Waals surface area contributed by atoms with Crippen LogP contribution >= 0.6 is 11.6 Å². The van der Waals surface area contributed by atoms with Crippen LogP contribution in [0.15, 0.2) is 36.4 Å². The zero-order chi connectivity index (χ0) is 24.3. The molecular weight excluding hydrogens is 467 g/mol. The van der Waals surface area contributed by atoms with E-state index in [0.29, 0.717) is 49.6 Å². The lowest BCUT2D eigenvalue weighted by molar-refractivity contribution is -0.160. The molecule has 2 aliphatic rings. The van der Waals surface area contributed by atoms with Gasteiger partial charge in [0, 0.05) is 31.7 Å². The van der Waals surface area contributed by atoms with Crippen molar-refractivity contribution in [2.45, 2.75) is 38.0 Å². The first-order valence-electron chi connectivity index (χ1n) is 11.6. The number of carbonyl (C=O) groups excluding carboxylic acids is 2. The fraction of sp³-hybridized carbons (Fsp3) is 0.480. The molecule has 1 aromatic heterocycles. The van der Waals surface area contributed by atoms with Gasteiger partial charge in [-0.1, -0.05) is 11.6 Å². The molecule has 0 atom stereocenters. The van der Waals surface area contributed by atoms with Crippen LogP contribution in [0.4, 0.5) is 19.0 Å². The predicted octanol–water partition coefficient (Wildman–Crippen LogP) is 5.32. The second-order valence-corrected chi connectivity index (χ2v) is 9.51. The summed E-state index contributed by atoms with van der Waals surface area (Å²) in [6.07, 6.45) is 5.11. The third kappa shape index (κ3) is 5.37. The second-order valence-electron chi connectivity index (χ2n) is 9.15. The van der Waals surface area contributed by atoms with Crippen molar-refractivity contribution in [1.29, 1.82) is 0 Å². The SMILES string of the molecule is O=Cc1ccc(N2CCC(CC3CCN(C(=O)C(F)(F)c4ccc(F)cc4)CC3)CC2)nc1Cl. The van der Waals surface area contributed by atoms with Crippen LogP contribution in [0.1, 0.15) is 48.0 Å². The van der Waals surface area contributed by atoms with Gasteiger partial charge in [-0.3, -0.25) is 9.59 Å². The Bertz CT molecular complexity index is 1020. The number of aldehydes is 1. The predicted molar refractivity (Wildman–Crippen MR) is 124 cm³/mol. The Morgan fingerprint density at radius 1 is 1.00 bits per heavy atom. The van der Waals surface area contributed by atoms with Crippen LogP contribution in [-0.2, 0) is 10.7 Å². The molecular formula is C25H27ClF3N3O2. The van der Waals surface area contributed by atoms with E-state index in [-0.39, 0.29) is 5.15 Å². The topological polar surface area (TPSA) is 53.5 Å². The van der Waals surface area contributed by atoms with Crippen molar-refractivity contribution in [2.75, 3.05) is 31.1 Å². The normalized spacial score (nSPS) is 18.2. The smallest absolute Gasteiger partial charge is 0.349 e. The van der Waals surface area contributed by atoms with Gasteiger partial charge in [0.15, 0.2) is 6.29 Å². The average molecular weight is 494 g/mol. The quantitative estimate of drug-likeness (QED) is 0.403. The summed E-state index contributed by atoms with van der Waals surface area (Å²) >= 11 is 6.05. The monoisotopic (exact) mass is 493 g/mol. The van der Waals surface area contributed by atoms with Crippen LogP contribution in [0, 0.1) is 17.7 Å². The van der Waals surface area contributed by atoms with Crippen LogP contribution < -0.4 is 4.90 Å². The van der Waals surface area contributed by atoms with Gasteiger partial charge in [0.25, 0.3) is 5.91 Å². The fourth-order valence-electron chi connectivity index (χ4n) is 4.92. The summed E-state index contributed by atoms with van der Waals surface area (Å²) in [4.78, 5) is 31.1. The number of benzene rings is 1. The third-order valence-electron chi connectivity index (χ3n) is 6.97. The molecule has 3 heterocycles. The molecule has 2 aromatic rings. The summed E-state index contributed by atoms with van der Waals surface area (Å²) in [5.41, 5.74) is -0.107. The van der Waals surface area contributed by atoms with Gasteiger partial charge in [0.1, 0.15) is 16.8 Å². The van der Waals surface area contributed by atoms with Gasteiger partial charge in [-0.05, 0) is 80.3 Å². The Hall–Kier alpha value is -2.61. The molecule has 0 aliphatic carbocycles. The van der Waals surface area contributed by atoms with E-state index in [2.05, 4.69) is 9.88 Å². The van der Waals surface area contributed by atoms with Crippen LogP contribution in [0.3, 0.4) is 0 Å². The summed E-state index contributed by atoms with van der Waals surface area (Å²) in [7, 11) is 0. The number of alkyl halides is 2. The number of piperidine rings is 2. The van der Waals surface area contributed by atoms with E-state index in [0.717, 1.165) is 62.4 Å². The highest BCUT2D eigenvalue weighted by Crippen LogP contribution is 2.35. The number of nitrogens with zero attached hydrogens (tertiary/aromatic N) is 3. The lowest BCUT2D eigenvalue weighted by Crippen LogP contribution is -2.46. The molecule has 1 aromatic carbocycles. The number of anilines is 1. The van der Waals surface area contributed by atoms with Crippen molar-refractivity contribution < 1.29 is 22.8 Å². The zero-order valence-corrected chi connectivity index (χ0v) is 19.5. The van der Waals surface area contributed by atoms with E-state index in [1.165, 1.54) is 4.90 Å². The molecule has 5 nitrogen and oxygen atoms in total. The van der Waals surface area contributed by atoms with Gasteiger partial charge in [0.2, 0.25) is 0 Å². The molecule has 182 valence electrons. The fourth-order valence-corrected chi connectivity index (χ4v) is 5.12. The molecule has 4 rings (SSSR count). The lowest BCUT2D eigenvalue weighted by atomic mass is 9.82. The van der Waals surface area contributed by atoms with E-state index in [9.17, 15) is 22.8 Å².